The van der Waals surface area contributed by atoms with E-state index in [2.05, 4.69) is 4.98 Å². The molecule has 2 aromatic carbocycles. The molecule has 9 heteroatoms. The Bertz CT molecular complexity index is 1350. The first-order valence-electron chi connectivity index (χ1n) is 10.2. The van der Waals surface area contributed by atoms with Crippen LogP contribution in [0.25, 0.3) is 22.6 Å². The number of rotatable bonds is 6. The Morgan fingerprint density at radius 2 is 1.78 bits per heavy atom. The van der Waals surface area contributed by atoms with E-state index in [9.17, 15) is 8.42 Å². The summed E-state index contributed by atoms with van der Waals surface area (Å²) >= 11 is 0. The number of pyridine rings is 1. The highest BCUT2D eigenvalue weighted by Crippen LogP contribution is 2.33. The summed E-state index contributed by atoms with van der Waals surface area (Å²) in [4.78, 5) is 9.44. The van der Waals surface area contributed by atoms with Gasteiger partial charge in [0.25, 0.3) is 0 Å². The van der Waals surface area contributed by atoms with Gasteiger partial charge in [0.1, 0.15) is 17.2 Å². The third-order valence-electron chi connectivity index (χ3n) is 5.17. The van der Waals surface area contributed by atoms with Gasteiger partial charge < -0.3 is 14.2 Å². The lowest BCUT2D eigenvalue weighted by Crippen LogP contribution is -2.11. The van der Waals surface area contributed by atoms with Crippen molar-refractivity contribution in [1.29, 1.82) is 0 Å². The van der Waals surface area contributed by atoms with Crippen molar-refractivity contribution in [1.82, 2.24) is 14.5 Å². The molecule has 0 unspecified atom stereocenters. The molecule has 8 nitrogen and oxygen atoms in total. The van der Waals surface area contributed by atoms with Crippen LogP contribution in [0.2, 0.25) is 0 Å². The van der Waals surface area contributed by atoms with E-state index in [0.717, 1.165) is 11.0 Å². The fourth-order valence-corrected chi connectivity index (χ4v) is 4.42. The zero-order valence-corrected chi connectivity index (χ0v) is 18.2. The molecule has 4 aromatic rings. The topological polar surface area (TPSA) is 92.5 Å². The molecule has 0 saturated carbocycles. The molecule has 32 heavy (non-hydrogen) atoms. The second-order valence-electron chi connectivity index (χ2n) is 7.20. The number of nitrogens with zero attached hydrogens (tertiary/aromatic N) is 3. The normalized spacial score (nSPS) is 14.8. The van der Waals surface area contributed by atoms with E-state index in [4.69, 9.17) is 19.2 Å². The van der Waals surface area contributed by atoms with Gasteiger partial charge in [-0.05, 0) is 48.5 Å². The van der Waals surface area contributed by atoms with Crippen LogP contribution in [0, 0.1) is 0 Å². The van der Waals surface area contributed by atoms with Gasteiger partial charge in [0.15, 0.2) is 15.7 Å². The Kier molecular flexibility index (Phi) is 5.38. The molecule has 0 amide bonds. The van der Waals surface area contributed by atoms with Crippen LogP contribution in [0.1, 0.15) is 13.3 Å². The quantitative estimate of drug-likeness (QED) is 0.434. The summed E-state index contributed by atoms with van der Waals surface area (Å²) in [5.74, 6) is 1.80. The van der Waals surface area contributed by atoms with E-state index >= 15 is 0 Å². The van der Waals surface area contributed by atoms with Gasteiger partial charge in [0.2, 0.25) is 6.41 Å². The number of aromatic nitrogens is 3. The average Bonchev–Trinajstić information content (AvgIpc) is 3.47. The molecule has 3 heterocycles. The van der Waals surface area contributed by atoms with E-state index in [1.807, 2.05) is 41.0 Å². The first kappa shape index (κ1) is 20.6. The number of fused-ring (bicyclic) bond motifs is 1. The summed E-state index contributed by atoms with van der Waals surface area (Å²) in [5, 5.41) is 0. The van der Waals surface area contributed by atoms with E-state index in [0.29, 0.717) is 36.2 Å². The number of ether oxygens (including phenoxy) is 3. The Morgan fingerprint density at radius 3 is 2.47 bits per heavy atom. The minimum atomic E-state index is -3.26. The van der Waals surface area contributed by atoms with Gasteiger partial charge in [-0.1, -0.05) is 13.0 Å². The summed E-state index contributed by atoms with van der Waals surface area (Å²) in [6, 6.07) is 17.6. The molecular weight excluding hydrogens is 430 g/mol. The smallest absolute Gasteiger partial charge is 0.246 e. The van der Waals surface area contributed by atoms with Gasteiger partial charge in [0.05, 0.1) is 34.9 Å². The van der Waals surface area contributed by atoms with Gasteiger partial charge in [-0.3, -0.25) is 9.55 Å². The van der Waals surface area contributed by atoms with Crippen molar-refractivity contribution < 1.29 is 22.6 Å². The van der Waals surface area contributed by atoms with Crippen molar-refractivity contribution in [3.63, 3.8) is 0 Å². The maximum Gasteiger partial charge on any atom is 0.246 e. The lowest BCUT2D eigenvalue weighted by atomic mass is 10.3. The van der Waals surface area contributed by atoms with Crippen molar-refractivity contribution in [2.75, 3.05) is 19.0 Å². The molecule has 1 aliphatic rings. The lowest BCUT2D eigenvalue weighted by Gasteiger charge is -2.15. The largest absolute Gasteiger partial charge is 0.457 e. The van der Waals surface area contributed by atoms with Gasteiger partial charge in [-0.25, -0.2) is 13.4 Å². The van der Waals surface area contributed by atoms with Crippen molar-refractivity contribution in [3.8, 4) is 23.0 Å². The maximum absolute atomic E-state index is 12.0. The fourth-order valence-electron chi connectivity index (χ4n) is 3.54. The molecule has 1 aliphatic heterocycles. The summed E-state index contributed by atoms with van der Waals surface area (Å²) < 4.78 is 43.4. The highest BCUT2D eigenvalue weighted by Gasteiger charge is 2.25. The fraction of sp³-hybridized carbons (Fsp3) is 0.217. The molecule has 1 saturated heterocycles. The van der Waals surface area contributed by atoms with Crippen LogP contribution >= 0.6 is 0 Å². The van der Waals surface area contributed by atoms with Gasteiger partial charge >= 0.3 is 0 Å². The number of imidazole rings is 1. The average molecular weight is 452 g/mol. The summed E-state index contributed by atoms with van der Waals surface area (Å²) in [6.45, 7) is 2.61. The molecule has 0 aliphatic carbocycles. The van der Waals surface area contributed by atoms with Crippen molar-refractivity contribution >= 4 is 20.9 Å². The number of benzene rings is 2. The SMILES string of the molecule is CCS(=O)(=O)c1ccc(Oc2ccc3nc(-c4ccccn4)n(C4OCCO4)c3c2)cc1. The molecule has 0 N–H and O–H groups in total. The third-order valence-corrected chi connectivity index (χ3v) is 6.92. The van der Waals surface area contributed by atoms with Gasteiger partial charge in [-0.2, -0.15) is 0 Å². The molecule has 164 valence electrons. The monoisotopic (exact) mass is 451 g/mol. The number of hydrogen-bond acceptors (Lipinski definition) is 7. The molecule has 0 spiro atoms. The predicted octanol–water partition coefficient (Wildman–Crippen LogP) is 4.19. The first-order valence-corrected chi connectivity index (χ1v) is 11.9. The Morgan fingerprint density at radius 1 is 1.03 bits per heavy atom. The lowest BCUT2D eigenvalue weighted by molar-refractivity contribution is -0.0970. The van der Waals surface area contributed by atoms with Gasteiger partial charge in [0, 0.05) is 12.3 Å². The van der Waals surface area contributed by atoms with E-state index in [1.165, 1.54) is 0 Å². The van der Waals surface area contributed by atoms with Crippen LogP contribution in [0.15, 0.2) is 71.8 Å². The molecule has 5 rings (SSSR count). The van der Waals surface area contributed by atoms with Crippen LogP contribution in [-0.4, -0.2) is 41.9 Å². The summed E-state index contributed by atoms with van der Waals surface area (Å²) in [6.07, 6.45) is 1.11. The zero-order chi connectivity index (χ0) is 22.1. The van der Waals surface area contributed by atoms with Gasteiger partial charge in [-0.15, -0.1) is 0 Å². The summed E-state index contributed by atoms with van der Waals surface area (Å²) in [7, 11) is -3.26. The third kappa shape index (κ3) is 3.86. The molecule has 0 radical (unpaired) electrons. The van der Waals surface area contributed by atoms with E-state index in [-0.39, 0.29) is 10.6 Å². The first-order chi connectivity index (χ1) is 15.5. The number of sulfone groups is 1. The molecule has 2 aromatic heterocycles. The van der Waals surface area contributed by atoms with Crippen LogP contribution in [0.3, 0.4) is 0 Å². The minimum Gasteiger partial charge on any atom is -0.457 e. The highest BCUT2D eigenvalue weighted by atomic mass is 32.2. The van der Waals surface area contributed by atoms with Crippen molar-refractivity contribution in [2.45, 2.75) is 18.2 Å². The number of hydrogen-bond donors (Lipinski definition) is 0. The second-order valence-corrected chi connectivity index (χ2v) is 9.47. The molecule has 0 atom stereocenters. The minimum absolute atomic E-state index is 0.0533. The van der Waals surface area contributed by atoms with Crippen LogP contribution in [0.5, 0.6) is 11.5 Å². The van der Waals surface area contributed by atoms with Crippen molar-refractivity contribution in [3.05, 3.63) is 66.9 Å². The Hall–Kier alpha value is -3.27. The van der Waals surface area contributed by atoms with Crippen LogP contribution < -0.4 is 4.74 Å². The van der Waals surface area contributed by atoms with Crippen LogP contribution in [0.4, 0.5) is 0 Å². The van der Waals surface area contributed by atoms with Crippen LogP contribution in [-0.2, 0) is 19.3 Å². The van der Waals surface area contributed by atoms with E-state index < -0.39 is 16.3 Å². The van der Waals surface area contributed by atoms with E-state index in [1.54, 1.807) is 37.4 Å². The standard InChI is InChI=1S/C23H21N3O5S/c1-2-32(27,28)18-9-6-16(7-10-18)31-17-8-11-19-21(15-17)26(23-29-13-14-30-23)22(25-19)20-5-3-4-12-24-20/h3-12,15,23H,2,13-14H2,1H3. The maximum atomic E-state index is 12.0. The molecular formula is C23H21N3O5S. The summed E-state index contributed by atoms with van der Waals surface area (Å²) in [5.41, 5.74) is 2.24. The zero-order valence-electron chi connectivity index (χ0n) is 17.3. The second kappa shape index (κ2) is 8.34. The highest BCUT2D eigenvalue weighted by molar-refractivity contribution is 7.91. The predicted molar refractivity (Wildman–Crippen MR) is 118 cm³/mol. The molecule has 0 bridgehead atoms. The Balaban J connectivity index is 1.53. The Labute approximate surface area is 185 Å². The molecule has 1 fully saturated rings. The van der Waals surface area contributed by atoms with Crippen molar-refractivity contribution in [2.24, 2.45) is 0 Å².